The van der Waals surface area contributed by atoms with E-state index in [0.717, 1.165) is 63.4 Å². The van der Waals surface area contributed by atoms with E-state index >= 15 is 0 Å². The van der Waals surface area contributed by atoms with Crippen LogP contribution in [0.5, 0.6) is 5.88 Å². The Hall–Kier alpha value is -1.13. The van der Waals surface area contributed by atoms with E-state index in [1.54, 1.807) is 0 Å². The number of aromatic nitrogens is 1. The molecule has 1 aromatic heterocycles. The summed E-state index contributed by atoms with van der Waals surface area (Å²) in [5.74, 6) is 2.27. The quantitative estimate of drug-likeness (QED) is 0.298. The van der Waals surface area contributed by atoms with Crippen LogP contribution in [0.25, 0.3) is 0 Å². The highest BCUT2D eigenvalue weighted by molar-refractivity contribution is 14.0. The monoisotopic (exact) mass is 517 g/mol. The molecule has 0 spiro atoms. The molecule has 1 aromatic rings. The number of hydrogen-bond donors (Lipinski definition) is 2. The van der Waals surface area contributed by atoms with Crippen molar-refractivity contribution in [2.24, 2.45) is 10.9 Å². The average Bonchev–Trinajstić information content (AvgIpc) is 3.54. The minimum Gasteiger partial charge on any atom is -0.477 e. The maximum Gasteiger partial charge on any atom is 0.213 e. The number of nitrogens with one attached hydrogen (secondary N) is 2. The zero-order chi connectivity index (χ0) is 19.8. The molecule has 2 N–H and O–H groups in total. The fourth-order valence-electron chi connectivity index (χ4n) is 3.17. The number of rotatable bonds is 9. The lowest BCUT2D eigenvalue weighted by Gasteiger charge is -2.41. The molecule has 2 heterocycles. The molecule has 1 aliphatic carbocycles. The predicted molar refractivity (Wildman–Crippen MR) is 127 cm³/mol. The summed E-state index contributed by atoms with van der Waals surface area (Å²) < 4.78 is 11.2. The van der Waals surface area contributed by atoms with Crippen LogP contribution in [0, 0.1) is 5.92 Å². The molecule has 29 heavy (non-hydrogen) atoms. The van der Waals surface area contributed by atoms with Gasteiger partial charge < -0.3 is 20.1 Å². The van der Waals surface area contributed by atoms with Gasteiger partial charge in [-0.05, 0) is 45.1 Å². The molecule has 0 unspecified atom stereocenters. The molecule has 0 aromatic carbocycles. The van der Waals surface area contributed by atoms with Gasteiger partial charge in [-0.25, -0.2) is 9.98 Å². The van der Waals surface area contributed by atoms with Crippen LogP contribution in [0.4, 0.5) is 0 Å². The Bertz CT molecular complexity index is 628. The number of pyridine rings is 1. The zero-order valence-electron chi connectivity index (χ0n) is 17.9. The van der Waals surface area contributed by atoms with Gasteiger partial charge in [0.25, 0.3) is 0 Å². The molecule has 2 fully saturated rings. The summed E-state index contributed by atoms with van der Waals surface area (Å²) in [4.78, 5) is 11.6. The summed E-state index contributed by atoms with van der Waals surface area (Å²) in [5, 5.41) is 6.82. The number of halogens is 1. The van der Waals surface area contributed by atoms with E-state index in [1.165, 1.54) is 12.8 Å². The second kappa shape index (κ2) is 11.9. The molecular weight excluding hydrogens is 481 g/mol. The van der Waals surface area contributed by atoms with Crippen LogP contribution in [0.2, 0.25) is 0 Å². The van der Waals surface area contributed by atoms with Crippen molar-refractivity contribution < 1.29 is 9.47 Å². The molecule has 0 amide bonds. The molecule has 3 rings (SSSR count). The molecule has 164 valence electrons. The van der Waals surface area contributed by atoms with Gasteiger partial charge >= 0.3 is 0 Å². The number of ether oxygens (including phenoxy) is 2. The molecule has 0 bridgehead atoms. The van der Waals surface area contributed by atoms with Gasteiger partial charge in [-0.3, -0.25) is 4.90 Å². The number of morpholine rings is 1. The highest BCUT2D eigenvalue weighted by Gasteiger charge is 2.28. The van der Waals surface area contributed by atoms with Gasteiger partial charge in [-0.1, -0.05) is 6.07 Å². The van der Waals surface area contributed by atoms with Crippen molar-refractivity contribution in [2.75, 3.05) is 46.0 Å². The molecule has 2 aliphatic rings. The number of nitrogens with zero attached hydrogens (tertiary/aromatic N) is 3. The fraction of sp³-hybridized carbons (Fsp3) is 0.714. The third-order valence-corrected chi connectivity index (χ3v) is 5.28. The first-order valence-electron chi connectivity index (χ1n) is 10.5. The minimum absolute atomic E-state index is 0. The SMILES string of the molecule is CCNC(=NCc1ccc(OCC2CC2)nc1)NCC(C)(C)N1CCOCC1.I. The molecule has 0 atom stereocenters. The summed E-state index contributed by atoms with van der Waals surface area (Å²) in [7, 11) is 0. The van der Waals surface area contributed by atoms with Crippen molar-refractivity contribution in [3.63, 3.8) is 0 Å². The van der Waals surface area contributed by atoms with E-state index in [9.17, 15) is 0 Å². The van der Waals surface area contributed by atoms with Gasteiger partial charge in [-0.2, -0.15) is 0 Å². The van der Waals surface area contributed by atoms with Crippen molar-refractivity contribution in [1.29, 1.82) is 0 Å². The first-order chi connectivity index (χ1) is 13.6. The lowest BCUT2D eigenvalue weighted by molar-refractivity contribution is -0.00834. The van der Waals surface area contributed by atoms with E-state index in [1.807, 2.05) is 18.3 Å². The maximum atomic E-state index is 5.70. The fourth-order valence-corrected chi connectivity index (χ4v) is 3.17. The average molecular weight is 517 g/mol. The summed E-state index contributed by atoms with van der Waals surface area (Å²) in [6, 6.07) is 3.98. The van der Waals surface area contributed by atoms with Crippen LogP contribution in [-0.2, 0) is 11.3 Å². The standard InChI is InChI=1S/C21H35N5O2.HI/c1-4-22-20(25-16-21(2,3)26-9-11-27-12-10-26)24-14-18-7-8-19(23-13-18)28-15-17-5-6-17;/h7-8,13,17H,4-6,9-12,14-16H2,1-3H3,(H2,22,24,25);1H. The van der Waals surface area contributed by atoms with Crippen molar-refractivity contribution in [3.05, 3.63) is 23.9 Å². The molecular formula is C21H36IN5O2. The lowest BCUT2D eigenvalue weighted by atomic mass is 10.0. The Kier molecular flexibility index (Phi) is 9.91. The summed E-state index contributed by atoms with van der Waals surface area (Å²) in [5.41, 5.74) is 1.12. The molecule has 8 heteroatoms. The third kappa shape index (κ3) is 8.25. The Morgan fingerprint density at radius 3 is 2.66 bits per heavy atom. The predicted octanol–water partition coefficient (Wildman–Crippen LogP) is 2.65. The van der Waals surface area contributed by atoms with Crippen LogP contribution in [0.3, 0.4) is 0 Å². The highest BCUT2D eigenvalue weighted by atomic mass is 127. The normalized spacial score (nSPS) is 18.1. The molecule has 1 saturated heterocycles. The van der Waals surface area contributed by atoms with Crippen LogP contribution in [0.1, 0.15) is 39.2 Å². The summed E-state index contributed by atoms with van der Waals surface area (Å²) in [6.07, 6.45) is 4.43. The zero-order valence-corrected chi connectivity index (χ0v) is 20.3. The van der Waals surface area contributed by atoms with Gasteiger partial charge in [0.2, 0.25) is 5.88 Å². The van der Waals surface area contributed by atoms with E-state index in [-0.39, 0.29) is 29.5 Å². The number of aliphatic imine (C=N–C) groups is 1. The van der Waals surface area contributed by atoms with Crippen molar-refractivity contribution >= 4 is 29.9 Å². The molecule has 1 saturated carbocycles. The van der Waals surface area contributed by atoms with Gasteiger partial charge in [0.05, 0.1) is 26.4 Å². The second-order valence-electron chi connectivity index (χ2n) is 8.22. The van der Waals surface area contributed by atoms with Crippen molar-refractivity contribution in [2.45, 2.75) is 45.7 Å². The number of hydrogen-bond acceptors (Lipinski definition) is 5. The first kappa shape index (κ1) is 24.1. The smallest absolute Gasteiger partial charge is 0.213 e. The van der Waals surface area contributed by atoms with Gasteiger partial charge in [0, 0.05) is 44.0 Å². The topological polar surface area (TPSA) is 71.0 Å². The van der Waals surface area contributed by atoms with E-state index in [4.69, 9.17) is 14.5 Å². The van der Waals surface area contributed by atoms with Gasteiger partial charge in [-0.15, -0.1) is 24.0 Å². The highest BCUT2D eigenvalue weighted by Crippen LogP contribution is 2.29. The van der Waals surface area contributed by atoms with E-state index < -0.39 is 0 Å². The maximum absolute atomic E-state index is 5.70. The van der Waals surface area contributed by atoms with Crippen LogP contribution >= 0.6 is 24.0 Å². The van der Waals surface area contributed by atoms with Crippen LogP contribution < -0.4 is 15.4 Å². The Labute approximate surface area is 192 Å². The Balaban J connectivity index is 0.00000300. The Morgan fingerprint density at radius 1 is 1.28 bits per heavy atom. The van der Waals surface area contributed by atoms with Crippen molar-refractivity contribution in [1.82, 2.24) is 20.5 Å². The van der Waals surface area contributed by atoms with Gasteiger partial charge in [0.1, 0.15) is 0 Å². The van der Waals surface area contributed by atoms with Crippen LogP contribution in [-0.4, -0.2) is 67.4 Å². The van der Waals surface area contributed by atoms with Crippen LogP contribution in [0.15, 0.2) is 23.3 Å². The summed E-state index contributed by atoms with van der Waals surface area (Å²) in [6.45, 7) is 13.2. The first-order valence-corrected chi connectivity index (χ1v) is 10.5. The van der Waals surface area contributed by atoms with Gasteiger partial charge in [0.15, 0.2) is 5.96 Å². The molecule has 7 nitrogen and oxygen atoms in total. The summed E-state index contributed by atoms with van der Waals surface area (Å²) >= 11 is 0. The second-order valence-corrected chi connectivity index (χ2v) is 8.22. The Morgan fingerprint density at radius 2 is 2.03 bits per heavy atom. The molecule has 0 radical (unpaired) electrons. The molecule has 1 aliphatic heterocycles. The third-order valence-electron chi connectivity index (χ3n) is 5.28. The number of guanidine groups is 1. The van der Waals surface area contributed by atoms with E-state index in [2.05, 4.69) is 41.3 Å². The minimum atomic E-state index is 0. The lowest BCUT2D eigenvalue weighted by Crippen LogP contribution is -2.56. The largest absolute Gasteiger partial charge is 0.477 e. The van der Waals surface area contributed by atoms with E-state index in [0.29, 0.717) is 12.4 Å². The van der Waals surface area contributed by atoms with Crippen molar-refractivity contribution in [3.8, 4) is 5.88 Å².